The van der Waals surface area contributed by atoms with Gasteiger partial charge >= 0.3 is 11.9 Å². The Balaban J connectivity index is 4.38. The fraction of sp³-hybridized carbons (Fsp3) is 0.704. The standard InChI is InChI=1S/C54H94NO8P/c1-6-8-10-12-14-16-18-20-22-24-26-27-29-30-32-34-36-38-40-42-44-46-53(56)60-50-52(51-62-64(58,59)61-49-48-55(3,4)5)63-54(57)47-45-43-41-39-37-35-33-31-28-25-23-21-19-17-15-13-11-9-7-2/h9,11,15,17,21,23-24,26,28,31,35,37,41,43,52H,6-8,10,12-14,16,18-20,22,25,27,29-30,32-34,36,38-40,42,44-51H2,1-5H3/b11-9-,17-15-,23-21-,26-24-,31-28-,37-35-,43-41-. The highest BCUT2D eigenvalue weighted by Gasteiger charge is 2.21. The van der Waals surface area contributed by atoms with E-state index in [9.17, 15) is 19.0 Å². The van der Waals surface area contributed by atoms with E-state index in [0.29, 0.717) is 23.9 Å². The molecule has 10 heteroatoms. The summed E-state index contributed by atoms with van der Waals surface area (Å²) in [5, 5.41) is 0. The molecule has 0 aliphatic carbocycles. The van der Waals surface area contributed by atoms with Crippen molar-refractivity contribution in [2.75, 3.05) is 47.5 Å². The van der Waals surface area contributed by atoms with Gasteiger partial charge in [-0.25, -0.2) is 0 Å². The molecule has 368 valence electrons. The monoisotopic (exact) mass is 916 g/mol. The summed E-state index contributed by atoms with van der Waals surface area (Å²) in [5.74, 6) is -0.938. The molecule has 64 heavy (non-hydrogen) atoms. The number of ether oxygens (including phenoxy) is 2. The van der Waals surface area contributed by atoms with Crippen molar-refractivity contribution in [1.29, 1.82) is 0 Å². The van der Waals surface area contributed by atoms with Crippen LogP contribution in [0, 0.1) is 0 Å². The minimum atomic E-state index is -4.66. The van der Waals surface area contributed by atoms with Gasteiger partial charge in [0.05, 0.1) is 27.7 Å². The number of quaternary nitrogens is 1. The number of carbonyl (C=O) groups is 2. The van der Waals surface area contributed by atoms with Crippen LogP contribution >= 0.6 is 7.82 Å². The summed E-state index contributed by atoms with van der Waals surface area (Å²) in [6.07, 6.45) is 59.2. The first kappa shape index (κ1) is 61.2. The molecule has 2 unspecified atom stereocenters. The van der Waals surface area contributed by atoms with Gasteiger partial charge in [0, 0.05) is 12.8 Å². The molecule has 0 saturated heterocycles. The number of phosphoric acid groups is 1. The predicted octanol–water partition coefficient (Wildman–Crippen LogP) is 14.5. The molecule has 0 aromatic rings. The highest BCUT2D eigenvalue weighted by molar-refractivity contribution is 7.45. The summed E-state index contributed by atoms with van der Waals surface area (Å²) in [7, 11) is 1.11. The van der Waals surface area contributed by atoms with E-state index in [1.807, 2.05) is 33.3 Å². The summed E-state index contributed by atoms with van der Waals surface area (Å²) in [4.78, 5) is 37.7. The highest BCUT2D eigenvalue weighted by Crippen LogP contribution is 2.38. The van der Waals surface area contributed by atoms with E-state index in [1.165, 1.54) is 96.3 Å². The van der Waals surface area contributed by atoms with Crippen LogP contribution in [0.15, 0.2) is 85.1 Å². The fourth-order valence-corrected chi connectivity index (χ4v) is 7.23. The highest BCUT2D eigenvalue weighted by atomic mass is 31.2. The summed E-state index contributed by atoms with van der Waals surface area (Å²) < 4.78 is 33.9. The zero-order valence-corrected chi connectivity index (χ0v) is 42.3. The lowest BCUT2D eigenvalue weighted by Crippen LogP contribution is -2.37. The summed E-state index contributed by atoms with van der Waals surface area (Å²) in [6.45, 7) is 4.03. The number of hydrogen-bond donors (Lipinski definition) is 0. The minimum Gasteiger partial charge on any atom is -0.756 e. The van der Waals surface area contributed by atoms with Crippen LogP contribution in [0.2, 0.25) is 0 Å². The number of rotatable bonds is 45. The lowest BCUT2D eigenvalue weighted by molar-refractivity contribution is -0.870. The van der Waals surface area contributed by atoms with E-state index in [2.05, 4.69) is 86.8 Å². The Hall–Kier alpha value is -2.81. The maximum absolute atomic E-state index is 12.7. The van der Waals surface area contributed by atoms with Gasteiger partial charge in [0.15, 0.2) is 6.10 Å². The SMILES string of the molecule is CC/C=C\C/C=C\C/C=C\C/C=C\C/C=C\C/C=C\CCC(=O)OC(COC(=O)CCCCCCCCCCC/C=C\CCCCCCCCCC)COP(=O)([O-])OCC[N+](C)(C)C. The Kier molecular flexibility index (Phi) is 43.4. The third-order valence-electron chi connectivity index (χ3n) is 10.4. The van der Waals surface area contributed by atoms with Crippen molar-refractivity contribution in [3.8, 4) is 0 Å². The molecule has 0 spiro atoms. The molecule has 0 rings (SSSR count). The second kappa shape index (κ2) is 45.4. The number of hydrogen-bond acceptors (Lipinski definition) is 8. The molecule has 0 heterocycles. The van der Waals surface area contributed by atoms with Crippen molar-refractivity contribution in [3.05, 3.63) is 85.1 Å². The van der Waals surface area contributed by atoms with Crippen LogP contribution in [0.1, 0.15) is 194 Å². The first-order chi connectivity index (χ1) is 31.0. The predicted molar refractivity (Wildman–Crippen MR) is 268 cm³/mol. The lowest BCUT2D eigenvalue weighted by Gasteiger charge is -2.28. The molecule has 0 saturated carbocycles. The number of phosphoric ester groups is 1. The molecule has 0 aromatic heterocycles. The van der Waals surface area contributed by atoms with Crippen molar-refractivity contribution in [3.63, 3.8) is 0 Å². The van der Waals surface area contributed by atoms with Gasteiger partial charge in [-0.2, -0.15) is 0 Å². The molecular weight excluding hydrogens is 822 g/mol. The van der Waals surface area contributed by atoms with Crippen molar-refractivity contribution in [1.82, 2.24) is 0 Å². The number of unbranched alkanes of at least 4 members (excludes halogenated alkanes) is 17. The third-order valence-corrected chi connectivity index (χ3v) is 11.4. The van der Waals surface area contributed by atoms with Gasteiger partial charge in [-0.15, -0.1) is 0 Å². The zero-order valence-electron chi connectivity index (χ0n) is 41.4. The molecule has 0 N–H and O–H groups in total. The third kappa shape index (κ3) is 48.6. The summed E-state index contributed by atoms with van der Waals surface area (Å²) >= 11 is 0. The van der Waals surface area contributed by atoms with E-state index in [4.69, 9.17) is 18.5 Å². The smallest absolute Gasteiger partial charge is 0.306 e. The van der Waals surface area contributed by atoms with Crippen molar-refractivity contribution >= 4 is 19.8 Å². The fourth-order valence-electron chi connectivity index (χ4n) is 6.50. The van der Waals surface area contributed by atoms with Crippen LogP contribution in [0.4, 0.5) is 0 Å². The van der Waals surface area contributed by atoms with Crippen LogP contribution < -0.4 is 4.89 Å². The largest absolute Gasteiger partial charge is 0.756 e. The van der Waals surface area contributed by atoms with Crippen molar-refractivity contribution in [2.45, 2.75) is 200 Å². The number of allylic oxidation sites excluding steroid dienone is 14. The van der Waals surface area contributed by atoms with Crippen LogP contribution in [0.25, 0.3) is 0 Å². The van der Waals surface area contributed by atoms with Gasteiger partial charge in [-0.1, -0.05) is 189 Å². The Bertz CT molecular complexity index is 1360. The molecule has 0 aromatic carbocycles. The van der Waals surface area contributed by atoms with E-state index < -0.39 is 32.5 Å². The molecule has 0 aliphatic rings. The zero-order chi connectivity index (χ0) is 47.1. The second-order valence-electron chi connectivity index (χ2n) is 17.8. The van der Waals surface area contributed by atoms with Gasteiger partial charge in [-0.05, 0) is 77.0 Å². The maximum Gasteiger partial charge on any atom is 0.306 e. The van der Waals surface area contributed by atoms with Crippen LogP contribution in [0.3, 0.4) is 0 Å². The van der Waals surface area contributed by atoms with Crippen LogP contribution in [0.5, 0.6) is 0 Å². The number of likely N-dealkylation sites (N-methyl/N-ethyl adjacent to an activating group) is 1. The van der Waals surface area contributed by atoms with E-state index in [-0.39, 0.29) is 26.1 Å². The van der Waals surface area contributed by atoms with Crippen molar-refractivity contribution in [2.24, 2.45) is 0 Å². The first-order valence-electron chi connectivity index (χ1n) is 25.3. The Morgan fingerprint density at radius 2 is 0.922 bits per heavy atom. The average molecular weight is 916 g/mol. The van der Waals surface area contributed by atoms with E-state index >= 15 is 0 Å². The Morgan fingerprint density at radius 1 is 0.500 bits per heavy atom. The molecule has 9 nitrogen and oxygen atoms in total. The maximum atomic E-state index is 12.7. The number of carbonyl (C=O) groups excluding carboxylic acids is 2. The van der Waals surface area contributed by atoms with E-state index in [0.717, 1.165) is 57.8 Å². The molecule has 0 radical (unpaired) electrons. The van der Waals surface area contributed by atoms with Gasteiger partial charge in [0.2, 0.25) is 0 Å². The van der Waals surface area contributed by atoms with Gasteiger partial charge < -0.3 is 27.9 Å². The molecule has 0 bridgehead atoms. The summed E-state index contributed by atoms with van der Waals surface area (Å²) in [5.41, 5.74) is 0. The van der Waals surface area contributed by atoms with Gasteiger partial charge in [-0.3, -0.25) is 14.2 Å². The summed E-state index contributed by atoms with van der Waals surface area (Å²) in [6, 6.07) is 0. The number of esters is 2. The minimum absolute atomic E-state index is 0.0486. The second-order valence-corrected chi connectivity index (χ2v) is 19.2. The topological polar surface area (TPSA) is 111 Å². The van der Waals surface area contributed by atoms with Crippen molar-refractivity contribution < 1.29 is 42.1 Å². The molecular formula is C54H94NO8P. The van der Waals surface area contributed by atoms with Crippen LogP contribution in [-0.4, -0.2) is 70.0 Å². The molecule has 0 fully saturated rings. The first-order valence-corrected chi connectivity index (χ1v) is 26.8. The Labute approximate surface area is 392 Å². The van der Waals surface area contributed by atoms with Crippen LogP contribution in [-0.2, 0) is 32.7 Å². The van der Waals surface area contributed by atoms with Gasteiger partial charge in [0.1, 0.15) is 19.8 Å². The molecule has 0 amide bonds. The molecule has 0 aliphatic heterocycles. The Morgan fingerprint density at radius 3 is 1.39 bits per heavy atom. The normalized spacial score (nSPS) is 14.2. The lowest BCUT2D eigenvalue weighted by atomic mass is 10.1. The van der Waals surface area contributed by atoms with Gasteiger partial charge in [0.25, 0.3) is 7.82 Å². The molecule has 2 atom stereocenters. The van der Waals surface area contributed by atoms with E-state index in [1.54, 1.807) is 0 Å². The quantitative estimate of drug-likeness (QED) is 0.0195. The average Bonchev–Trinajstić information content (AvgIpc) is 3.25. The number of nitrogens with zero attached hydrogens (tertiary/aromatic N) is 1.